The van der Waals surface area contributed by atoms with Crippen LogP contribution in [0.25, 0.3) is 0 Å². The highest BCUT2D eigenvalue weighted by Gasteiger charge is 2.20. The Labute approximate surface area is 187 Å². The summed E-state index contributed by atoms with van der Waals surface area (Å²) in [5.41, 5.74) is 1.57. The van der Waals surface area contributed by atoms with Crippen LogP contribution in [0.5, 0.6) is 11.5 Å². The van der Waals surface area contributed by atoms with Crippen LogP contribution in [0.3, 0.4) is 0 Å². The molecule has 0 unspecified atom stereocenters. The molecule has 3 aromatic carbocycles. The van der Waals surface area contributed by atoms with E-state index >= 15 is 0 Å². The molecule has 2 amide bonds. The summed E-state index contributed by atoms with van der Waals surface area (Å²) in [6, 6.07) is 23.6. The number of carbonyl (C=O) groups excluding carboxylic acids is 2. The summed E-state index contributed by atoms with van der Waals surface area (Å²) < 4.78 is 11.4. The van der Waals surface area contributed by atoms with Crippen molar-refractivity contribution in [3.8, 4) is 11.5 Å². The SMILES string of the molecule is O=C(Nc1cccc(C(=O)N2CCCC2)c1)c1ccccc1OCCOc1ccccc1. The van der Waals surface area contributed by atoms with Crippen LogP contribution >= 0.6 is 0 Å². The summed E-state index contributed by atoms with van der Waals surface area (Å²) >= 11 is 0. The van der Waals surface area contributed by atoms with Crippen LogP contribution in [0.2, 0.25) is 0 Å². The van der Waals surface area contributed by atoms with E-state index in [0.717, 1.165) is 31.7 Å². The average Bonchev–Trinajstić information content (AvgIpc) is 3.37. The largest absolute Gasteiger partial charge is 0.490 e. The highest BCUT2D eigenvalue weighted by molar-refractivity contribution is 6.06. The minimum atomic E-state index is -0.296. The second-order valence-corrected chi connectivity index (χ2v) is 7.54. The van der Waals surface area contributed by atoms with Crippen LogP contribution in [-0.4, -0.2) is 43.0 Å². The maximum atomic E-state index is 12.9. The van der Waals surface area contributed by atoms with Crippen LogP contribution in [0.15, 0.2) is 78.9 Å². The number of para-hydroxylation sites is 2. The monoisotopic (exact) mass is 430 g/mol. The minimum Gasteiger partial charge on any atom is -0.490 e. The molecule has 1 aliphatic heterocycles. The Morgan fingerprint density at radius 1 is 0.812 bits per heavy atom. The molecule has 1 N–H and O–H groups in total. The Kier molecular flexibility index (Phi) is 7.02. The number of hydrogen-bond acceptors (Lipinski definition) is 4. The molecule has 0 aromatic heterocycles. The van der Waals surface area contributed by atoms with E-state index in [-0.39, 0.29) is 11.8 Å². The zero-order valence-electron chi connectivity index (χ0n) is 17.8. The van der Waals surface area contributed by atoms with E-state index in [4.69, 9.17) is 9.47 Å². The van der Waals surface area contributed by atoms with Crippen molar-refractivity contribution in [2.45, 2.75) is 12.8 Å². The van der Waals surface area contributed by atoms with Crippen LogP contribution in [0, 0.1) is 0 Å². The summed E-state index contributed by atoms with van der Waals surface area (Å²) in [5, 5.41) is 2.88. The summed E-state index contributed by atoms with van der Waals surface area (Å²) in [5.74, 6) is 0.951. The van der Waals surface area contributed by atoms with Gasteiger partial charge in [0.2, 0.25) is 0 Å². The molecule has 1 fully saturated rings. The number of hydrogen-bond donors (Lipinski definition) is 1. The maximum Gasteiger partial charge on any atom is 0.259 e. The molecular weight excluding hydrogens is 404 g/mol. The first kappa shape index (κ1) is 21.4. The summed E-state index contributed by atoms with van der Waals surface area (Å²) in [6.45, 7) is 2.24. The standard InChI is InChI=1S/C26H26N2O4/c29-25(27-21-10-8-9-20(19-21)26(30)28-15-6-7-16-28)23-13-4-5-14-24(23)32-18-17-31-22-11-2-1-3-12-22/h1-5,8-14,19H,6-7,15-18H2,(H,27,29). The molecule has 0 radical (unpaired) electrons. The first-order valence-electron chi connectivity index (χ1n) is 10.8. The number of benzene rings is 3. The molecule has 6 nitrogen and oxygen atoms in total. The smallest absolute Gasteiger partial charge is 0.259 e. The Hall–Kier alpha value is -3.80. The van der Waals surface area contributed by atoms with Gasteiger partial charge < -0.3 is 19.7 Å². The van der Waals surface area contributed by atoms with Gasteiger partial charge in [-0.1, -0.05) is 36.4 Å². The number of nitrogens with one attached hydrogen (secondary N) is 1. The van der Waals surface area contributed by atoms with Crippen molar-refractivity contribution >= 4 is 17.5 Å². The predicted octanol–water partition coefficient (Wildman–Crippen LogP) is 4.63. The van der Waals surface area contributed by atoms with Crippen molar-refractivity contribution in [3.05, 3.63) is 90.0 Å². The van der Waals surface area contributed by atoms with Gasteiger partial charge in [-0.15, -0.1) is 0 Å². The molecule has 32 heavy (non-hydrogen) atoms. The summed E-state index contributed by atoms with van der Waals surface area (Å²) in [4.78, 5) is 27.4. The first-order valence-corrected chi connectivity index (χ1v) is 10.8. The molecule has 1 aliphatic rings. The Bertz CT molecular complexity index is 1060. The molecule has 3 aromatic rings. The molecule has 1 saturated heterocycles. The van der Waals surface area contributed by atoms with Gasteiger partial charge in [0.25, 0.3) is 11.8 Å². The van der Waals surface area contributed by atoms with Gasteiger partial charge >= 0.3 is 0 Å². The molecule has 6 heteroatoms. The lowest BCUT2D eigenvalue weighted by Gasteiger charge is -2.16. The number of ether oxygens (including phenoxy) is 2. The minimum absolute atomic E-state index is 0.000693. The lowest BCUT2D eigenvalue weighted by Crippen LogP contribution is -2.27. The Morgan fingerprint density at radius 3 is 2.34 bits per heavy atom. The fraction of sp³-hybridized carbons (Fsp3) is 0.231. The fourth-order valence-electron chi connectivity index (χ4n) is 3.64. The number of nitrogens with zero attached hydrogens (tertiary/aromatic N) is 1. The van der Waals surface area contributed by atoms with Crippen LogP contribution in [0.4, 0.5) is 5.69 Å². The van der Waals surface area contributed by atoms with Gasteiger partial charge in [-0.25, -0.2) is 0 Å². The topological polar surface area (TPSA) is 67.9 Å². The van der Waals surface area contributed by atoms with Crippen molar-refractivity contribution in [1.29, 1.82) is 0 Å². The van der Waals surface area contributed by atoms with E-state index < -0.39 is 0 Å². The van der Waals surface area contributed by atoms with Crippen molar-refractivity contribution in [3.63, 3.8) is 0 Å². The average molecular weight is 431 g/mol. The van der Waals surface area contributed by atoms with Gasteiger partial charge in [-0.3, -0.25) is 9.59 Å². The normalized spacial score (nSPS) is 12.9. The lowest BCUT2D eigenvalue weighted by molar-refractivity contribution is 0.0792. The third-order valence-electron chi connectivity index (χ3n) is 5.25. The summed E-state index contributed by atoms with van der Waals surface area (Å²) in [6.07, 6.45) is 2.07. The third kappa shape index (κ3) is 5.46. The molecule has 0 aliphatic carbocycles. The molecular formula is C26H26N2O4. The molecule has 0 spiro atoms. The molecule has 1 heterocycles. The van der Waals surface area contributed by atoms with Gasteiger partial charge in [0.1, 0.15) is 24.7 Å². The number of likely N-dealkylation sites (tertiary alicyclic amines) is 1. The van der Waals surface area contributed by atoms with Gasteiger partial charge in [0, 0.05) is 24.3 Å². The van der Waals surface area contributed by atoms with Crippen molar-refractivity contribution < 1.29 is 19.1 Å². The predicted molar refractivity (Wildman–Crippen MR) is 123 cm³/mol. The highest BCUT2D eigenvalue weighted by atomic mass is 16.5. The van der Waals surface area contributed by atoms with Crippen molar-refractivity contribution in [1.82, 2.24) is 4.90 Å². The lowest BCUT2D eigenvalue weighted by atomic mass is 10.1. The quantitative estimate of drug-likeness (QED) is 0.529. The van der Waals surface area contributed by atoms with E-state index in [1.807, 2.05) is 41.3 Å². The fourth-order valence-corrected chi connectivity index (χ4v) is 3.64. The molecule has 0 saturated carbocycles. The number of amides is 2. The highest BCUT2D eigenvalue weighted by Crippen LogP contribution is 2.21. The van der Waals surface area contributed by atoms with Gasteiger partial charge in [0.15, 0.2) is 0 Å². The molecule has 0 atom stereocenters. The second-order valence-electron chi connectivity index (χ2n) is 7.54. The van der Waals surface area contributed by atoms with Crippen LogP contribution in [0.1, 0.15) is 33.6 Å². The number of anilines is 1. The summed E-state index contributed by atoms with van der Waals surface area (Å²) in [7, 11) is 0. The van der Waals surface area contributed by atoms with Crippen LogP contribution < -0.4 is 14.8 Å². The molecule has 0 bridgehead atoms. The van der Waals surface area contributed by atoms with E-state index in [1.54, 1.807) is 42.5 Å². The number of carbonyl (C=O) groups is 2. The van der Waals surface area contributed by atoms with E-state index in [1.165, 1.54) is 0 Å². The second kappa shape index (κ2) is 10.5. The molecule has 164 valence electrons. The van der Waals surface area contributed by atoms with Crippen molar-refractivity contribution in [2.24, 2.45) is 0 Å². The zero-order valence-corrected chi connectivity index (χ0v) is 17.8. The maximum absolute atomic E-state index is 12.9. The van der Waals surface area contributed by atoms with Gasteiger partial charge in [-0.05, 0) is 55.3 Å². The van der Waals surface area contributed by atoms with Crippen molar-refractivity contribution in [2.75, 3.05) is 31.6 Å². The Balaban J connectivity index is 1.37. The van der Waals surface area contributed by atoms with Gasteiger partial charge in [0.05, 0.1) is 5.56 Å². The number of rotatable bonds is 8. The first-order chi connectivity index (χ1) is 15.7. The van der Waals surface area contributed by atoms with E-state index in [9.17, 15) is 9.59 Å². The molecule has 4 rings (SSSR count). The van der Waals surface area contributed by atoms with E-state index in [0.29, 0.717) is 35.8 Å². The Morgan fingerprint density at radius 2 is 1.53 bits per heavy atom. The van der Waals surface area contributed by atoms with Gasteiger partial charge in [-0.2, -0.15) is 0 Å². The zero-order chi connectivity index (χ0) is 22.2. The third-order valence-corrected chi connectivity index (χ3v) is 5.25. The van der Waals surface area contributed by atoms with E-state index in [2.05, 4.69) is 5.32 Å². The van der Waals surface area contributed by atoms with Crippen LogP contribution in [-0.2, 0) is 0 Å².